The number of amides is 3. The fourth-order valence-corrected chi connectivity index (χ4v) is 3.48. The molecule has 3 rings (SSSR count). The van der Waals surface area contributed by atoms with Gasteiger partial charge in [0.2, 0.25) is 0 Å². The van der Waals surface area contributed by atoms with Crippen molar-refractivity contribution in [3.63, 3.8) is 0 Å². The van der Waals surface area contributed by atoms with Gasteiger partial charge in [-0.2, -0.15) is 0 Å². The quantitative estimate of drug-likeness (QED) is 0.799. The van der Waals surface area contributed by atoms with Gasteiger partial charge in [0.1, 0.15) is 5.54 Å². The van der Waals surface area contributed by atoms with Crippen molar-refractivity contribution in [1.82, 2.24) is 10.2 Å². The van der Waals surface area contributed by atoms with Crippen LogP contribution in [0.1, 0.15) is 18.1 Å². The van der Waals surface area contributed by atoms with Gasteiger partial charge in [0.15, 0.2) is 0 Å². The first-order valence-corrected chi connectivity index (χ1v) is 8.22. The predicted molar refractivity (Wildman–Crippen MR) is 92.0 cm³/mol. The molecule has 1 heterocycles. The first-order chi connectivity index (χ1) is 10.9. The number of hydrogen-bond donors (Lipinski definition) is 1. The molecule has 23 heavy (non-hydrogen) atoms. The summed E-state index contributed by atoms with van der Waals surface area (Å²) in [6, 6.07) is 14.1. The third kappa shape index (κ3) is 2.86. The molecule has 1 fully saturated rings. The normalized spacial score (nSPS) is 20.7. The summed E-state index contributed by atoms with van der Waals surface area (Å²) >= 11 is 9.60. The highest BCUT2D eigenvalue weighted by Gasteiger charge is 2.49. The van der Waals surface area contributed by atoms with E-state index in [0.29, 0.717) is 10.6 Å². The maximum atomic E-state index is 12.9. The molecule has 1 saturated heterocycles. The molecule has 0 aromatic heterocycles. The topological polar surface area (TPSA) is 49.4 Å². The van der Waals surface area contributed by atoms with Gasteiger partial charge in [0.25, 0.3) is 5.91 Å². The average Bonchev–Trinajstić information content (AvgIpc) is 2.72. The largest absolute Gasteiger partial charge is 0.325 e. The van der Waals surface area contributed by atoms with E-state index in [9.17, 15) is 9.59 Å². The Balaban J connectivity index is 1.92. The van der Waals surface area contributed by atoms with Crippen LogP contribution < -0.4 is 5.32 Å². The van der Waals surface area contributed by atoms with Crippen molar-refractivity contribution in [2.75, 3.05) is 0 Å². The molecule has 1 aliphatic rings. The molecule has 1 aliphatic heterocycles. The second kappa shape index (κ2) is 5.98. The molecular weight excluding hydrogens is 380 g/mol. The SMILES string of the molecule is C[C@@]1(c2ccccc2Cl)NC(=O)N(Cc2cccc(Br)c2)C1=O. The van der Waals surface area contributed by atoms with Crippen LogP contribution in [0.3, 0.4) is 0 Å². The van der Waals surface area contributed by atoms with E-state index < -0.39 is 11.6 Å². The summed E-state index contributed by atoms with van der Waals surface area (Å²) < 4.78 is 0.899. The van der Waals surface area contributed by atoms with E-state index in [-0.39, 0.29) is 12.5 Å². The molecule has 3 amide bonds. The van der Waals surface area contributed by atoms with E-state index in [1.54, 1.807) is 31.2 Å². The molecule has 0 unspecified atom stereocenters. The summed E-state index contributed by atoms with van der Waals surface area (Å²) in [5.41, 5.74) is 0.310. The van der Waals surface area contributed by atoms with Crippen molar-refractivity contribution in [2.45, 2.75) is 19.0 Å². The Morgan fingerprint density at radius 1 is 1.17 bits per heavy atom. The third-order valence-electron chi connectivity index (χ3n) is 3.92. The van der Waals surface area contributed by atoms with Crippen LogP contribution in [0.4, 0.5) is 4.79 Å². The van der Waals surface area contributed by atoms with E-state index in [1.807, 2.05) is 24.3 Å². The molecule has 1 N–H and O–H groups in total. The lowest BCUT2D eigenvalue weighted by molar-refractivity contribution is -0.131. The molecule has 118 valence electrons. The second-order valence-corrected chi connectivity index (χ2v) is 6.88. The van der Waals surface area contributed by atoms with Crippen LogP contribution in [-0.4, -0.2) is 16.8 Å². The Kier molecular flexibility index (Phi) is 4.17. The van der Waals surface area contributed by atoms with E-state index in [0.717, 1.165) is 10.0 Å². The van der Waals surface area contributed by atoms with Gasteiger partial charge in [-0.25, -0.2) is 4.79 Å². The highest BCUT2D eigenvalue weighted by atomic mass is 79.9. The number of benzene rings is 2. The van der Waals surface area contributed by atoms with E-state index in [2.05, 4.69) is 21.2 Å². The maximum absolute atomic E-state index is 12.9. The molecule has 0 saturated carbocycles. The van der Waals surface area contributed by atoms with Crippen LogP contribution in [0.25, 0.3) is 0 Å². The summed E-state index contributed by atoms with van der Waals surface area (Å²) in [6.45, 7) is 1.89. The second-order valence-electron chi connectivity index (χ2n) is 5.56. The van der Waals surface area contributed by atoms with Gasteiger partial charge in [0.05, 0.1) is 6.54 Å². The van der Waals surface area contributed by atoms with Crippen LogP contribution in [0.5, 0.6) is 0 Å². The molecule has 6 heteroatoms. The summed E-state index contributed by atoms with van der Waals surface area (Å²) in [5, 5.41) is 3.22. The van der Waals surface area contributed by atoms with E-state index in [1.165, 1.54) is 4.90 Å². The minimum Gasteiger partial charge on any atom is -0.319 e. The lowest BCUT2D eigenvalue weighted by atomic mass is 9.92. The number of carbonyl (C=O) groups is 2. The molecule has 0 bridgehead atoms. The highest BCUT2D eigenvalue weighted by molar-refractivity contribution is 9.10. The minimum absolute atomic E-state index is 0.212. The molecule has 2 aromatic rings. The molecule has 1 atom stereocenters. The molecule has 0 spiro atoms. The summed E-state index contributed by atoms with van der Waals surface area (Å²) in [4.78, 5) is 26.4. The molecule has 2 aromatic carbocycles. The van der Waals surface area contributed by atoms with Gasteiger partial charge in [-0.05, 0) is 30.7 Å². The van der Waals surface area contributed by atoms with Crippen molar-refractivity contribution in [3.05, 3.63) is 69.2 Å². The van der Waals surface area contributed by atoms with Gasteiger partial charge < -0.3 is 5.32 Å². The Morgan fingerprint density at radius 3 is 2.61 bits per heavy atom. The van der Waals surface area contributed by atoms with Gasteiger partial charge in [-0.3, -0.25) is 9.69 Å². The monoisotopic (exact) mass is 392 g/mol. The van der Waals surface area contributed by atoms with Crippen LogP contribution in [0.15, 0.2) is 53.0 Å². The number of hydrogen-bond acceptors (Lipinski definition) is 2. The van der Waals surface area contributed by atoms with Gasteiger partial charge in [0, 0.05) is 15.1 Å². The van der Waals surface area contributed by atoms with Crippen molar-refractivity contribution >= 4 is 39.5 Å². The maximum Gasteiger partial charge on any atom is 0.325 e. The van der Waals surface area contributed by atoms with E-state index in [4.69, 9.17) is 11.6 Å². The number of urea groups is 1. The molecule has 4 nitrogen and oxygen atoms in total. The van der Waals surface area contributed by atoms with Gasteiger partial charge in [-0.1, -0.05) is 57.9 Å². The standard InChI is InChI=1S/C17H14BrClN2O2/c1-17(13-7-2-3-8-14(13)19)15(22)21(16(23)20-17)10-11-5-4-6-12(18)9-11/h2-9H,10H2,1H3,(H,20,23)/t17-/m0/s1. The zero-order chi connectivity index (χ0) is 16.6. The van der Waals surface area contributed by atoms with Crippen molar-refractivity contribution in [3.8, 4) is 0 Å². The molecule has 0 aliphatic carbocycles. The number of rotatable bonds is 3. The number of nitrogens with one attached hydrogen (secondary N) is 1. The van der Waals surface area contributed by atoms with Gasteiger partial charge >= 0.3 is 6.03 Å². The Labute approximate surface area is 147 Å². The lowest BCUT2D eigenvalue weighted by Gasteiger charge is -2.23. The third-order valence-corrected chi connectivity index (χ3v) is 4.74. The fourth-order valence-electron chi connectivity index (χ4n) is 2.71. The first kappa shape index (κ1) is 16.0. The highest BCUT2D eigenvalue weighted by Crippen LogP contribution is 2.34. The van der Waals surface area contributed by atoms with Crippen molar-refractivity contribution in [2.24, 2.45) is 0 Å². The molecule has 0 radical (unpaired) electrons. The molecular formula is C17H14BrClN2O2. The van der Waals surface area contributed by atoms with Crippen molar-refractivity contribution < 1.29 is 9.59 Å². The average molecular weight is 394 g/mol. The zero-order valence-corrected chi connectivity index (χ0v) is 14.7. The number of nitrogens with zero attached hydrogens (tertiary/aromatic N) is 1. The number of carbonyl (C=O) groups excluding carboxylic acids is 2. The zero-order valence-electron chi connectivity index (χ0n) is 12.3. The first-order valence-electron chi connectivity index (χ1n) is 7.05. The summed E-state index contributed by atoms with van der Waals surface area (Å²) in [7, 11) is 0. The van der Waals surface area contributed by atoms with E-state index >= 15 is 0 Å². The van der Waals surface area contributed by atoms with Crippen LogP contribution in [0.2, 0.25) is 5.02 Å². The Morgan fingerprint density at radius 2 is 1.91 bits per heavy atom. The Hall–Kier alpha value is -1.85. The van der Waals surface area contributed by atoms with Crippen LogP contribution in [0, 0.1) is 0 Å². The smallest absolute Gasteiger partial charge is 0.319 e. The summed E-state index contributed by atoms with van der Waals surface area (Å²) in [6.07, 6.45) is 0. The fraction of sp³-hybridized carbons (Fsp3) is 0.176. The van der Waals surface area contributed by atoms with Gasteiger partial charge in [-0.15, -0.1) is 0 Å². The van der Waals surface area contributed by atoms with Crippen molar-refractivity contribution in [1.29, 1.82) is 0 Å². The predicted octanol–water partition coefficient (Wildman–Crippen LogP) is 4.07. The van der Waals surface area contributed by atoms with Crippen LogP contribution in [-0.2, 0) is 16.9 Å². The lowest BCUT2D eigenvalue weighted by Crippen LogP contribution is -2.41. The number of halogens is 2. The van der Waals surface area contributed by atoms with Crippen LogP contribution >= 0.6 is 27.5 Å². The number of imide groups is 1. The summed E-state index contributed by atoms with van der Waals surface area (Å²) in [5.74, 6) is -0.310. The minimum atomic E-state index is -1.15. The Bertz CT molecular complexity index is 796.